The van der Waals surface area contributed by atoms with Crippen LogP contribution in [0.3, 0.4) is 0 Å². The first-order chi connectivity index (χ1) is 19.8. The van der Waals surface area contributed by atoms with Gasteiger partial charge in [-0.3, -0.25) is 24.1 Å². The SMILES string of the molecule is CCC(C)(C)C(=O)OCc1ccc(CCCCNC(=O)CN2C(=O)C=CC2=O)cc1O[C@@H]1O[C@H](C(=O)O)C[C@H](O)[C@H]1O. The summed E-state index contributed by atoms with van der Waals surface area (Å²) in [7, 11) is 0. The fraction of sp³-hybridized carbons (Fsp3) is 0.552. The number of ether oxygens (including phenoxy) is 3. The maximum Gasteiger partial charge on any atom is 0.333 e. The van der Waals surface area contributed by atoms with Crippen LogP contribution in [-0.4, -0.2) is 87.6 Å². The third kappa shape index (κ3) is 8.60. The molecule has 0 spiro atoms. The second-order valence-electron chi connectivity index (χ2n) is 10.9. The standard InChI is InChI=1S/C29H38N2O11/c1-4-29(2,3)28(39)40-16-18-9-8-17(7-5-6-12-30-22(33)15-31-23(34)10-11-24(31)35)13-20(18)41-27-25(36)19(32)14-21(42-27)26(37)38/h8-11,13,19,21,25,27,32,36H,4-7,12,14-16H2,1-3H3,(H,30,33)(H,37,38)/t19-,21-,25+,27+/m0/s1. The molecule has 1 fully saturated rings. The molecule has 4 atom stereocenters. The summed E-state index contributed by atoms with van der Waals surface area (Å²) in [5, 5.41) is 32.6. The van der Waals surface area contributed by atoms with Crippen molar-refractivity contribution in [3.05, 3.63) is 41.5 Å². The molecule has 0 bridgehead atoms. The van der Waals surface area contributed by atoms with E-state index in [-0.39, 0.29) is 25.3 Å². The number of imide groups is 1. The minimum absolute atomic E-state index is 0.144. The molecule has 3 amide bonds. The average molecular weight is 591 g/mol. The summed E-state index contributed by atoms with van der Waals surface area (Å²) in [5.74, 6) is -3.03. The van der Waals surface area contributed by atoms with Crippen molar-refractivity contribution in [1.82, 2.24) is 10.2 Å². The maximum absolute atomic E-state index is 12.5. The number of aliphatic hydroxyl groups is 2. The van der Waals surface area contributed by atoms with E-state index < -0.39 is 59.7 Å². The van der Waals surface area contributed by atoms with Crippen molar-refractivity contribution in [3.63, 3.8) is 0 Å². The Morgan fingerprint density at radius 1 is 1.12 bits per heavy atom. The third-order valence-corrected chi connectivity index (χ3v) is 7.29. The van der Waals surface area contributed by atoms with Crippen molar-refractivity contribution >= 4 is 29.7 Å². The number of benzene rings is 1. The maximum atomic E-state index is 12.5. The zero-order valence-corrected chi connectivity index (χ0v) is 23.9. The largest absolute Gasteiger partial charge is 0.479 e. The van der Waals surface area contributed by atoms with Gasteiger partial charge in [0, 0.05) is 30.7 Å². The van der Waals surface area contributed by atoms with E-state index in [1.807, 2.05) is 13.0 Å². The minimum atomic E-state index is -1.51. The van der Waals surface area contributed by atoms with E-state index in [1.165, 1.54) is 0 Å². The molecule has 0 saturated carbocycles. The van der Waals surface area contributed by atoms with Crippen LogP contribution >= 0.6 is 0 Å². The van der Waals surface area contributed by atoms with Crippen LogP contribution in [0.15, 0.2) is 30.4 Å². The van der Waals surface area contributed by atoms with Gasteiger partial charge in [-0.05, 0) is 51.2 Å². The smallest absolute Gasteiger partial charge is 0.333 e. The fourth-order valence-corrected chi connectivity index (χ4v) is 4.15. The molecule has 4 N–H and O–H groups in total. The normalized spacial score (nSPS) is 22.3. The number of carboxylic acids is 1. The summed E-state index contributed by atoms with van der Waals surface area (Å²) in [6, 6.07) is 5.17. The van der Waals surface area contributed by atoms with Gasteiger partial charge in [0.2, 0.25) is 12.2 Å². The molecule has 13 heteroatoms. The number of carboxylic acid groups (broad SMARTS) is 1. The number of esters is 1. The molecule has 1 aromatic rings. The van der Waals surface area contributed by atoms with Gasteiger partial charge in [-0.15, -0.1) is 0 Å². The lowest BCUT2D eigenvalue weighted by Crippen LogP contribution is -2.52. The number of amides is 3. The molecule has 42 heavy (non-hydrogen) atoms. The van der Waals surface area contributed by atoms with Crippen LogP contribution in [0.25, 0.3) is 0 Å². The van der Waals surface area contributed by atoms with Crippen LogP contribution in [-0.2, 0) is 46.5 Å². The molecule has 0 aromatic heterocycles. The number of hydrogen-bond donors (Lipinski definition) is 4. The number of aliphatic carboxylic acids is 1. The van der Waals surface area contributed by atoms with Gasteiger partial charge in [-0.2, -0.15) is 0 Å². The molecule has 2 heterocycles. The Bertz CT molecular complexity index is 1190. The Balaban J connectivity index is 1.63. The highest BCUT2D eigenvalue weighted by Crippen LogP contribution is 2.30. The van der Waals surface area contributed by atoms with E-state index in [1.54, 1.807) is 26.0 Å². The topological polar surface area (TPSA) is 189 Å². The fourth-order valence-electron chi connectivity index (χ4n) is 4.15. The van der Waals surface area contributed by atoms with Gasteiger partial charge in [-0.25, -0.2) is 4.79 Å². The predicted molar refractivity (Wildman–Crippen MR) is 146 cm³/mol. The van der Waals surface area contributed by atoms with Crippen molar-refractivity contribution in [1.29, 1.82) is 0 Å². The Labute approximate surface area is 243 Å². The van der Waals surface area contributed by atoms with E-state index in [0.717, 1.165) is 22.6 Å². The molecule has 2 aliphatic heterocycles. The van der Waals surface area contributed by atoms with Gasteiger partial charge in [0.05, 0.1) is 11.5 Å². The molecule has 3 rings (SSSR count). The van der Waals surface area contributed by atoms with E-state index in [9.17, 15) is 39.3 Å². The van der Waals surface area contributed by atoms with Gasteiger partial charge >= 0.3 is 11.9 Å². The lowest BCUT2D eigenvalue weighted by molar-refractivity contribution is -0.238. The first-order valence-corrected chi connectivity index (χ1v) is 13.8. The average Bonchev–Trinajstić information content (AvgIpc) is 3.26. The lowest BCUT2D eigenvalue weighted by atomic mass is 9.91. The zero-order chi connectivity index (χ0) is 31.0. The molecule has 2 aliphatic rings. The summed E-state index contributed by atoms with van der Waals surface area (Å²) in [4.78, 5) is 60.1. The Hall–Kier alpha value is -3.81. The number of nitrogens with one attached hydrogen (secondary N) is 1. The number of carbonyl (C=O) groups excluding carboxylic acids is 4. The van der Waals surface area contributed by atoms with Crippen LogP contribution in [0.2, 0.25) is 0 Å². The van der Waals surface area contributed by atoms with Gasteiger partial charge in [0.15, 0.2) is 6.10 Å². The van der Waals surface area contributed by atoms with Crippen LogP contribution < -0.4 is 10.1 Å². The molecule has 1 saturated heterocycles. The second kappa shape index (κ2) is 14.4. The number of unbranched alkanes of at least 4 members (excludes halogenated alkanes) is 1. The Kier molecular flexibility index (Phi) is 11.2. The predicted octanol–water partition coefficient (Wildman–Crippen LogP) is 0.830. The summed E-state index contributed by atoms with van der Waals surface area (Å²) in [5.41, 5.74) is 0.559. The van der Waals surface area contributed by atoms with Crippen LogP contribution in [0.5, 0.6) is 5.75 Å². The molecule has 230 valence electrons. The second-order valence-corrected chi connectivity index (χ2v) is 10.9. The van der Waals surface area contributed by atoms with Gasteiger partial charge < -0.3 is 34.8 Å². The number of aliphatic hydroxyl groups excluding tert-OH is 2. The Morgan fingerprint density at radius 2 is 1.81 bits per heavy atom. The van der Waals surface area contributed by atoms with Crippen molar-refractivity contribution in [2.75, 3.05) is 13.1 Å². The van der Waals surface area contributed by atoms with E-state index in [4.69, 9.17) is 14.2 Å². The monoisotopic (exact) mass is 590 g/mol. The van der Waals surface area contributed by atoms with E-state index in [0.29, 0.717) is 37.8 Å². The van der Waals surface area contributed by atoms with Crippen LogP contribution in [0.1, 0.15) is 57.6 Å². The highest BCUT2D eigenvalue weighted by molar-refractivity contribution is 6.14. The van der Waals surface area contributed by atoms with Crippen LogP contribution in [0.4, 0.5) is 0 Å². The zero-order valence-electron chi connectivity index (χ0n) is 23.9. The first kappa shape index (κ1) is 32.7. The highest BCUT2D eigenvalue weighted by atomic mass is 16.7. The van der Waals surface area contributed by atoms with Crippen molar-refractivity contribution in [3.8, 4) is 5.75 Å². The van der Waals surface area contributed by atoms with Gasteiger partial charge in [-0.1, -0.05) is 19.1 Å². The molecular formula is C29H38N2O11. The van der Waals surface area contributed by atoms with Crippen molar-refractivity contribution < 1.29 is 53.5 Å². The first-order valence-electron chi connectivity index (χ1n) is 13.8. The number of aryl methyl sites for hydroxylation is 1. The van der Waals surface area contributed by atoms with Crippen molar-refractivity contribution in [2.45, 2.75) is 84.1 Å². The molecule has 1 aromatic carbocycles. The quantitative estimate of drug-likeness (QED) is 0.136. The summed E-state index contributed by atoms with van der Waals surface area (Å²) in [6.07, 6.45) is -1.47. The van der Waals surface area contributed by atoms with Crippen molar-refractivity contribution in [2.24, 2.45) is 5.41 Å². The van der Waals surface area contributed by atoms with E-state index in [2.05, 4.69) is 5.32 Å². The minimum Gasteiger partial charge on any atom is -0.479 e. The molecular weight excluding hydrogens is 552 g/mol. The number of rotatable bonds is 14. The summed E-state index contributed by atoms with van der Waals surface area (Å²) >= 11 is 0. The molecule has 13 nitrogen and oxygen atoms in total. The third-order valence-electron chi connectivity index (χ3n) is 7.29. The number of carbonyl (C=O) groups is 5. The summed E-state index contributed by atoms with van der Waals surface area (Å²) in [6.45, 7) is 5.23. The lowest BCUT2D eigenvalue weighted by Gasteiger charge is -2.35. The van der Waals surface area contributed by atoms with E-state index >= 15 is 0 Å². The highest BCUT2D eigenvalue weighted by Gasteiger charge is 2.41. The molecule has 0 unspecified atom stereocenters. The van der Waals surface area contributed by atoms with Gasteiger partial charge in [0.1, 0.15) is 25.0 Å². The van der Waals surface area contributed by atoms with Gasteiger partial charge in [0.25, 0.3) is 11.8 Å². The number of hydrogen-bond acceptors (Lipinski definition) is 10. The summed E-state index contributed by atoms with van der Waals surface area (Å²) < 4.78 is 16.8. The van der Waals surface area contributed by atoms with Crippen LogP contribution in [0, 0.1) is 5.41 Å². The number of nitrogens with zero attached hydrogens (tertiary/aromatic N) is 1. The molecule has 0 radical (unpaired) electrons. The molecule has 0 aliphatic carbocycles. The Morgan fingerprint density at radius 3 is 2.45 bits per heavy atom.